The van der Waals surface area contributed by atoms with Crippen LogP contribution in [0.1, 0.15) is 30.1 Å². The topological polar surface area (TPSA) is 63.2 Å². The number of aromatic nitrogens is 1. The summed E-state index contributed by atoms with van der Waals surface area (Å²) in [5.74, 6) is 0.444. The molecule has 1 saturated heterocycles. The third-order valence-corrected chi connectivity index (χ3v) is 3.67. The smallest absolute Gasteiger partial charge is 0.253 e. The third kappa shape index (κ3) is 3.36. The van der Waals surface area contributed by atoms with E-state index in [-0.39, 0.29) is 11.4 Å². The molecule has 0 radical (unpaired) electrons. The van der Waals surface area contributed by atoms with Crippen LogP contribution in [0.25, 0.3) is 0 Å². The van der Waals surface area contributed by atoms with E-state index in [1.807, 2.05) is 6.92 Å². The second kappa shape index (κ2) is 5.75. The van der Waals surface area contributed by atoms with Gasteiger partial charge in [0.15, 0.2) is 0 Å². The molecule has 0 atom stereocenters. The van der Waals surface area contributed by atoms with Crippen molar-refractivity contribution in [2.75, 3.05) is 25.6 Å². The average molecular weight is 284 g/mol. The number of hydrogen-bond acceptors (Lipinski definition) is 4. The maximum absolute atomic E-state index is 12.3. The molecule has 19 heavy (non-hydrogen) atoms. The average Bonchev–Trinajstić information content (AvgIpc) is 2.39. The lowest BCUT2D eigenvalue weighted by atomic mass is 9.92. The SMILES string of the molecule is CNc1cc(C(=O)NC2(C)CCOCC2)c(Cl)cn1. The van der Waals surface area contributed by atoms with Crippen molar-refractivity contribution in [1.82, 2.24) is 10.3 Å². The third-order valence-electron chi connectivity index (χ3n) is 3.37. The van der Waals surface area contributed by atoms with Crippen LogP contribution in [0, 0.1) is 0 Å². The van der Waals surface area contributed by atoms with Crippen LogP contribution in [-0.2, 0) is 4.74 Å². The van der Waals surface area contributed by atoms with Gasteiger partial charge in [-0.1, -0.05) is 11.6 Å². The molecule has 2 rings (SSSR count). The standard InChI is InChI=1S/C13H18ClN3O2/c1-13(3-5-19-6-4-13)17-12(18)9-7-11(15-2)16-8-10(9)14/h7-8H,3-6H2,1-2H3,(H,15,16)(H,17,18). The van der Waals surface area contributed by atoms with E-state index in [4.69, 9.17) is 16.3 Å². The van der Waals surface area contributed by atoms with Crippen LogP contribution in [0.2, 0.25) is 5.02 Å². The number of amides is 1. The molecule has 0 aliphatic carbocycles. The van der Waals surface area contributed by atoms with Crippen molar-refractivity contribution >= 4 is 23.3 Å². The van der Waals surface area contributed by atoms with Gasteiger partial charge in [-0.15, -0.1) is 0 Å². The highest BCUT2D eigenvalue weighted by molar-refractivity contribution is 6.33. The van der Waals surface area contributed by atoms with Gasteiger partial charge in [-0.25, -0.2) is 4.98 Å². The van der Waals surface area contributed by atoms with Gasteiger partial charge in [0.2, 0.25) is 0 Å². The number of carbonyl (C=O) groups excluding carboxylic acids is 1. The molecule has 1 aromatic heterocycles. The maximum atomic E-state index is 12.3. The minimum absolute atomic E-state index is 0.173. The lowest BCUT2D eigenvalue weighted by molar-refractivity contribution is 0.0423. The molecule has 104 valence electrons. The summed E-state index contributed by atoms with van der Waals surface area (Å²) < 4.78 is 5.32. The van der Waals surface area contributed by atoms with Crippen LogP contribution >= 0.6 is 11.6 Å². The van der Waals surface area contributed by atoms with E-state index >= 15 is 0 Å². The molecule has 0 spiro atoms. The van der Waals surface area contributed by atoms with Gasteiger partial charge in [0.1, 0.15) is 5.82 Å². The first-order valence-electron chi connectivity index (χ1n) is 6.28. The molecule has 2 heterocycles. The lowest BCUT2D eigenvalue weighted by Gasteiger charge is -2.34. The number of carbonyl (C=O) groups is 1. The fraction of sp³-hybridized carbons (Fsp3) is 0.538. The van der Waals surface area contributed by atoms with Crippen molar-refractivity contribution in [2.24, 2.45) is 0 Å². The van der Waals surface area contributed by atoms with Crippen molar-refractivity contribution in [2.45, 2.75) is 25.3 Å². The van der Waals surface area contributed by atoms with Gasteiger partial charge in [0.25, 0.3) is 5.91 Å². The van der Waals surface area contributed by atoms with Crippen LogP contribution in [0.5, 0.6) is 0 Å². The first-order valence-corrected chi connectivity index (χ1v) is 6.65. The number of ether oxygens (including phenoxy) is 1. The lowest BCUT2D eigenvalue weighted by Crippen LogP contribution is -2.49. The Morgan fingerprint density at radius 1 is 1.47 bits per heavy atom. The van der Waals surface area contributed by atoms with Crippen LogP contribution < -0.4 is 10.6 Å². The summed E-state index contributed by atoms with van der Waals surface area (Å²) in [4.78, 5) is 16.4. The Balaban J connectivity index is 2.15. The Labute approximate surface area is 117 Å². The Morgan fingerprint density at radius 2 is 2.16 bits per heavy atom. The number of hydrogen-bond donors (Lipinski definition) is 2. The summed E-state index contributed by atoms with van der Waals surface area (Å²) in [7, 11) is 1.75. The quantitative estimate of drug-likeness (QED) is 0.891. The van der Waals surface area contributed by atoms with Crippen LogP contribution in [0.15, 0.2) is 12.3 Å². The largest absolute Gasteiger partial charge is 0.381 e. The summed E-state index contributed by atoms with van der Waals surface area (Å²) in [5, 5.41) is 6.29. The predicted octanol–water partition coefficient (Wildman–Crippen LogP) is 2.08. The number of rotatable bonds is 3. The zero-order chi connectivity index (χ0) is 13.9. The van der Waals surface area contributed by atoms with E-state index in [1.165, 1.54) is 6.20 Å². The highest BCUT2D eigenvalue weighted by Gasteiger charge is 2.29. The zero-order valence-electron chi connectivity index (χ0n) is 11.1. The van der Waals surface area contributed by atoms with Gasteiger partial charge in [0, 0.05) is 32.0 Å². The predicted molar refractivity (Wildman–Crippen MR) is 74.7 cm³/mol. The van der Waals surface area contributed by atoms with Gasteiger partial charge in [0.05, 0.1) is 10.6 Å². The fourth-order valence-corrected chi connectivity index (χ4v) is 2.23. The van der Waals surface area contributed by atoms with Crippen molar-refractivity contribution in [3.05, 3.63) is 22.8 Å². The first-order chi connectivity index (χ1) is 9.04. The minimum atomic E-state index is -0.234. The van der Waals surface area contributed by atoms with Gasteiger partial charge < -0.3 is 15.4 Å². The molecule has 0 aromatic carbocycles. The molecule has 0 saturated carbocycles. The molecule has 1 aliphatic heterocycles. The van der Waals surface area contributed by atoms with Crippen molar-refractivity contribution in [1.29, 1.82) is 0 Å². The van der Waals surface area contributed by atoms with Crippen molar-refractivity contribution in [3.63, 3.8) is 0 Å². The minimum Gasteiger partial charge on any atom is -0.381 e. The summed E-state index contributed by atoms with van der Waals surface area (Å²) in [6, 6.07) is 1.65. The Morgan fingerprint density at radius 3 is 2.79 bits per heavy atom. The second-order valence-corrected chi connectivity index (χ2v) is 5.33. The number of anilines is 1. The van der Waals surface area contributed by atoms with Crippen molar-refractivity contribution < 1.29 is 9.53 Å². The van der Waals surface area contributed by atoms with Gasteiger partial charge in [-0.2, -0.15) is 0 Å². The molecule has 0 unspecified atom stereocenters. The molecule has 6 heteroatoms. The number of pyridine rings is 1. The van der Waals surface area contributed by atoms with Crippen LogP contribution in [0.4, 0.5) is 5.82 Å². The summed E-state index contributed by atoms with van der Waals surface area (Å²) in [6.45, 7) is 3.37. The Bertz CT molecular complexity index is 473. The Hall–Kier alpha value is -1.33. The Kier molecular flexibility index (Phi) is 4.27. The number of nitrogens with zero attached hydrogens (tertiary/aromatic N) is 1. The molecule has 1 amide bonds. The summed E-state index contributed by atoms with van der Waals surface area (Å²) in [5.41, 5.74) is 0.204. The highest BCUT2D eigenvalue weighted by atomic mass is 35.5. The maximum Gasteiger partial charge on any atom is 0.253 e. The molecule has 0 bridgehead atoms. The first kappa shape index (κ1) is 14.1. The van der Waals surface area contributed by atoms with Gasteiger partial charge >= 0.3 is 0 Å². The monoisotopic (exact) mass is 283 g/mol. The van der Waals surface area contributed by atoms with Crippen LogP contribution in [0.3, 0.4) is 0 Å². The molecule has 5 nitrogen and oxygen atoms in total. The van der Waals surface area contributed by atoms with E-state index < -0.39 is 0 Å². The molecule has 1 aliphatic rings. The van der Waals surface area contributed by atoms with E-state index in [0.29, 0.717) is 29.6 Å². The molecule has 2 N–H and O–H groups in total. The molecular weight excluding hydrogens is 266 g/mol. The molecule has 1 fully saturated rings. The molecule has 1 aromatic rings. The van der Waals surface area contributed by atoms with Crippen LogP contribution in [-0.4, -0.2) is 36.7 Å². The van der Waals surface area contributed by atoms with Gasteiger partial charge in [-0.3, -0.25) is 4.79 Å². The number of halogens is 1. The van der Waals surface area contributed by atoms with Crippen molar-refractivity contribution in [3.8, 4) is 0 Å². The van der Waals surface area contributed by atoms with E-state index in [2.05, 4.69) is 15.6 Å². The molecular formula is C13H18ClN3O2. The summed E-state index contributed by atoms with van der Waals surface area (Å²) in [6.07, 6.45) is 3.09. The van der Waals surface area contributed by atoms with E-state index in [9.17, 15) is 4.79 Å². The summed E-state index contributed by atoms with van der Waals surface area (Å²) >= 11 is 6.04. The van der Waals surface area contributed by atoms with E-state index in [0.717, 1.165) is 12.8 Å². The highest BCUT2D eigenvalue weighted by Crippen LogP contribution is 2.23. The second-order valence-electron chi connectivity index (χ2n) is 4.93. The number of nitrogens with one attached hydrogen (secondary N) is 2. The zero-order valence-corrected chi connectivity index (χ0v) is 11.9. The fourth-order valence-electron chi connectivity index (χ4n) is 2.04. The van der Waals surface area contributed by atoms with Gasteiger partial charge in [-0.05, 0) is 25.8 Å². The normalized spacial score (nSPS) is 17.8. The van der Waals surface area contributed by atoms with E-state index in [1.54, 1.807) is 13.1 Å².